The summed E-state index contributed by atoms with van der Waals surface area (Å²) in [6.07, 6.45) is 3.72. The van der Waals surface area contributed by atoms with Gasteiger partial charge in [0, 0.05) is 10.5 Å². The number of aliphatic imine (C=N–C) groups is 1. The van der Waals surface area contributed by atoms with Crippen LogP contribution in [-0.2, 0) is 9.53 Å². The van der Waals surface area contributed by atoms with Crippen LogP contribution in [0.15, 0.2) is 58.0 Å². The molecule has 5 nitrogen and oxygen atoms in total. The molecule has 0 fully saturated rings. The van der Waals surface area contributed by atoms with E-state index in [4.69, 9.17) is 14.2 Å². The maximum absolute atomic E-state index is 12.1. The van der Waals surface area contributed by atoms with Crippen molar-refractivity contribution in [2.24, 2.45) is 4.99 Å². The Morgan fingerprint density at radius 3 is 2.40 bits per heavy atom. The van der Waals surface area contributed by atoms with Crippen molar-refractivity contribution >= 4 is 29.7 Å². The van der Waals surface area contributed by atoms with Crippen LogP contribution in [0.4, 0.5) is 0 Å². The first kappa shape index (κ1) is 17.1. The monoisotopic (exact) mass is 355 g/mol. The van der Waals surface area contributed by atoms with Crippen molar-refractivity contribution in [2.45, 2.75) is 4.90 Å². The number of hydrogen-bond donors (Lipinski definition) is 0. The molecule has 1 heterocycles. The average molecular weight is 355 g/mol. The van der Waals surface area contributed by atoms with Crippen molar-refractivity contribution in [3.8, 4) is 11.5 Å². The van der Waals surface area contributed by atoms with Gasteiger partial charge in [-0.15, -0.1) is 11.8 Å². The maximum atomic E-state index is 12.1. The molecule has 0 unspecified atom stereocenters. The van der Waals surface area contributed by atoms with Gasteiger partial charge in [-0.1, -0.05) is 12.1 Å². The second-order valence-corrected chi connectivity index (χ2v) is 6.06. The normalized spacial score (nSPS) is 15.1. The van der Waals surface area contributed by atoms with Gasteiger partial charge in [0.15, 0.2) is 17.2 Å². The largest absolute Gasteiger partial charge is 0.493 e. The molecule has 25 heavy (non-hydrogen) atoms. The third-order valence-corrected chi connectivity index (χ3v) is 4.41. The molecule has 3 rings (SSSR count). The third-order valence-electron chi connectivity index (χ3n) is 3.67. The van der Waals surface area contributed by atoms with Gasteiger partial charge in [-0.05, 0) is 48.2 Å². The number of carbonyl (C=O) groups excluding carboxylic acids is 1. The van der Waals surface area contributed by atoms with Gasteiger partial charge in [0.25, 0.3) is 0 Å². The summed E-state index contributed by atoms with van der Waals surface area (Å²) in [7, 11) is 3.11. The molecule has 2 aromatic rings. The number of thioether (sulfide) groups is 1. The van der Waals surface area contributed by atoms with Crippen LogP contribution < -0.4 is 9.47 Å². The van der Waals surface area contributed by atoms with Crippen molar-refractivity contribution in [1.82, 2.24) is 0 Å². The summed E-state index contributed by atoms with van der Waals surface area (Å²) in [6.45, 7) is 0. The summed E-state index contributed by atoms with van der Waals surface area (Å²) in [5.74, 6) is 0.918. The Labute approximate surface area is 150 Å². The number of carbonyl (C=O) groups is 1. The van der Waals surface area contributed by atoms with E-state index in [-0.39, 0.29) is 11.6 Å². The summed E-state index contributed by atoms with van der Waals surface area (Å²) in [6, 6.07) is 13.1. The summed E-state index contributed by atoms with van der Waals surface area (Å²) in [4.78, 5) is 17.6. The van der Waals surface area contributed by atoms with Crippen LogP contribution in [-0.4, -0.2) is 32.3 Å². The molecule has 0 amide bonds. The van der Waals surface area contributed by atoms with Crippen molar-refractivity contribution in [2.75, 3.05) is 20.5 Å². The van der Waals surface area contributed by atoms with Gasteiger partial charge in [0.1, 0.15) is 0 Å². The average Bonchev–Trinajstić information content (AvgIpc) is 3.02. The number of nitrogens with zero attached hydrogens (tertiary/aromatic N) is 1. The van der Waals surface area contributed by atoms with Crippen molar-refractivity contribution in [3.63, 3.8) is 0 Å². The van der Waals surface area contributed by atoms with E-state index < -0.39 is 5.97 Å². The SMILES string of the molecule is COc1ccc(C2=N/C(=C/c3ccc(SC)cc3)C(=O)O2)cc1OC. The van der Waals surface area contributed by atoms with E-state index in [0.717, 1.165) is 10.5 Å². The lowest BCUT2D eigenvalue weighted by Crippen LogP contribution is -2.05. The molecule has 0 atom stereocenters. The highest BCUT2D eigenvalue weighted by atomic mass is 32.2. The smallest absolute Gasteiger partial charge is 0.363 e. The first-order valence-electron chi connectivity index (χ1n) is 7.53. The van der Waals surface area contributed by atoms with Gasteiger partial charge >= 0.3 is 5.97 Å². The fraction of sp³-hybridized carbons (Fsp3) is 0.158. The lowest BCUT2D eigenvalue weighted by Gasteiger charge is -2.08. The van der Waals surface area contributed by atoms with Gasteiger partial charge in [0.05, 0.1) is 14.2 Å². The Hall–Kier alpha value is -2.73. The minimum Gasteiger partial charge on any atom is -0.493 e. The molecule has 0 aliphatic carbocycles. The van der Waals surface area contributed by atoms with Crippen LogP contribution in [0.1, 0.15) is 11.1 Å². The van der Waals surface area contributed by atoms with E-state index in [1.807, 2.05) is 30.5 Å². The second kappa shape index (κ2) is 7.44. The number of methoxy groups -OCH3 is 2. The minimum absolute atomic E-state index is 0.248. The minimum atomic E-state index is -0.473. The molecule has 0 saturated heterocycles. The van der Waals surface area contributed by atoms with Crippen LogP contribution in [0.25, 0.3) is 6.08 Å². The Morgan fingerprint density at radius 2 is 1.76 bits per heavy atom. The molecule has 128 valence electrons. The Bertz CT molecular complexity index is 856. The molecule has 2 aromatic carbocycles. The Morgan fingerprint density at radius 1 is 1.04 bits per heavy atom. The van der Waals surface area contributed by atoms with Crippen LogP contribution in [0.3, 0.4) is 0 Å². The number of ether oxygens (including phenoxy) is 3. The van der Waals surface area contributed by atoms with Gasteiger partial charge < -0.3 is 14.2 Å². The summed E-state index contributed by atoms with van der Waals surface area (Å²) in [5, 5.41) is 0. The van der Waals surface area contributed by atoms with E-state index in [9.17, 15) is 4.79 Å². The topological polar surface area (TPSA) is 57.1 Å². The number of rotatable bonds is 5. The van der Waals surface area contributed by atoms with Crippen molar-refractivity contribution < 1.29 is 19.0 Å². The molecule has 1 aliphatic heterocycles. The number of cyclic esters (lactones) is 1. The molecule has 0 bridgehead atoms. The van der Waals surface area contributed by atoms with Gasteiger partial charge in [-0.2, -0.15) is 0 Å². The first-order valence-corrected chi connectivity index (χ1v) is 8.76. The lowest BCUT2D eigenvalue weighted by atomic mass is 10.2. The van der Waals surface area contributed by atoms with E-state index in [0.29, 0.717) is 17.1 Å². The fourth-order valence-corrected chi connectivity index (χ4v) is 2.77. The third kappa shape index (κ3) is 3.69. The van der Waals surface area contributed by atoms with Crippen LogP contribution in [0.2, 0.25) is 0 Å². The summed E-state index contributed by atoms with van der Waals surface area (Å²) >= 11 is 1.66. The zero-order valence-electron chi connectivity index (χ0n) is 14.1. The predicted octanol–water partition coefficient (Wildman–Crippen LogP) is 3.77. The van der Waals surface area contributed by atoms with Crippen LogP contribution >= 0.6 is 11.8 Å². The molecule has 6 heteroatoms. The fourth-order valence-electron chi connectivity index (χ4n) is 2.36. The van der Waals surface area contributed by atoms with Crippen LogP contribution in [0, 0.1) is 0 Å². The number of benzene rings is 2. The summed E-state index contributed by atoms with van der Waals surface area (Å²) in [5.41, 5.74) is 1.80. The quantitative estimate of drug-likeness (QED) is 0.464. The molecule has 1 aliphatic rings. The maximum Gasteiger partial charge on any atom is 0.363 e. The highest BCUT2D eigenvalue weighted by Gasteiger charge is 2.25. The van der Waals surface area contributed by atoms with Gasteiger partial charge in [-0.3, -0.25) is 0 Å². The summed E-state index contributed by atoms with van der Waals surface area (Å²) < 4.78 is 15.8. The Kier molecular flexibility index (Phi) is 5.09. The molecular formula is C19H17NO4S. The molecule has 0 N–H and O–H groups in total. The van der Waals surface area contributed by atoms with E-state index >= 15 is 0 Å². The molecule has 0 saturated carbocycles. The zero-order valence-corrected chi connectivity index (χ0v) is 14.9. The molecular weight excluding hydrogens is 338 g/mol. The first-order chi connectivity index (χ1) is 12.1. The van der Waals surface area contributed by atoms with Crippen molar-refractivity contribution in [1.29, 1.82) is 0 Å². The zero-order chi connectivity index (χ0) is 17.8. The van der Waals surface area contributed by atoms with Crippen molar-refractivity contribution in [3.05, 3.63) is 59.3 Å². The van der Waals surface area contributed by atoms with E-state index in [2.05, 4.69) is 4.99 Å². The standard InChI is InChI=1S/C19H17NO4S/c1-22-16-9-6-13(11-17(16)23-2)18-20-15(19(21)24-18)10-12-4-7-14(25-3)8-5-12/h4-11H,1-3H3/b15-10+. The highest BCUT2D eigenvalue weighted by Crippen LogP contribution is 2.29. The molecule has 0 spiro atoms. The predicted molar refractivity (Wildman–Crippen MR) is 98.4 cm³/mol. The van der Waals surface area contributed by atoms with Gasteiger partial charge in [0.2, 0.25) is 5.90 Å². The highest BCUT2D eigenvalue weighted by molar-refractivity contribution is 7.98. The second-order valence-electron chi connectivity index (χ2n) is 5.18. The number of esters is 1. The van der Waals surface area contributed by atoms with E-state index in [1.54, 1.807) is 50.3 Å². The molecule has 0 aromatic heterocycles. The Balaban J connectivity index is 1.90. The molecule has 0 radical (unpaired) electrons. The van der Waals surface area contributed by atoms with E-state index in [1.165, 1.54) is 0 Å². The van der Waals surface area contributed by atoms with Crippen LogP contribution in [0.5, 0.6) is 11.5 Å². The van der Waals surface area contributed by atoms with Gasteiger partial charge in [-0.25, -0.2) is 9.79 Å². The number of hydrogen-bond acceptors (Lipinski definition) is 6. The lowest BCUT2D eigenvalue weighted by molar-refractivity contribution is -0.129.